The molecular formula is C12H10F2N2S. The monoisotopic (exact) mass is 252 g/mol. The summed E-state index contributed by atoms with van der Waals surface area (Å²) >= 11 is 1.78. The van der Waals surface area contributed by atoms with Crippen molar-refractivity contribution in [3.05, 3.63) is 35.0 Å². The standard InChI is InChI=1S/C12H10F2N2S/c13-7-1-2-8-10(11(7)14)12(15)6-3-4-17-5-9(6)16-8/h1-2H,3-5H2,(H2,15,16). The number of thioether (sulfide) groups is 1. The summed E-state index contributed by atoms with van der Waals surface area (Å²) < 4.78 is 26.9. The number of pyridine rings is 1. The first-order valence-electron chi connectivity index (χ1n) is 5.31. The van der Waals surface area contributed by atoms with Gasteiger partial charge in [-0.05, 0) is 29.9 Å². The van der Waals surface area contributed by atoms with E-state index in [0.717, 1.165) is 35.3 Å². The Bertz CT molecular complexity index is 613. The van der Waals surface area contributed by atoms with E-state index in [-0.39, 0.29) is 5.39 Å². The summed E-state index contributed by atoms with van der Waals surface area (Å²) in [5.41, 5.74) is 8.51. The number of hydrogen-bond donors (Lipinski definition) is 1. The molecule has 1 aromatic heterocycles. The van der Waals surface area contributed by atoms with Gasteiger partial charge in [-0.3, -0.25) is 4.98 Å². The van der Waals surface area contributed by atoms with Crippen LogP contribution >= 0.6 is 11.8 Å². The van der Waals surface area contributed by atoms with Crippen LogP contribution in [-0.2, 0) is 12.2 Å². The Hall–Kier alpha value is -1.36. The van der Waals surface area contributed by atoms with Gasteiger partial charge in [-0.1, -0.05) is 0 Å². The molecule has 1 aliphatic rings. The van der Waals surface area contributed by atoms with Gasteiger partial charge < -0.3 is 5.73 Å². The highest BCUT2D eigenvalue weighted by atomic mass is 32.2. The molecule has 2 aromatic rings. The zero-order valence-corrected chi connectivity index (χ0v) is 9.78. The van der Waals surface area contributed by atoms with E-state index in [4.69, 9.17) is 5.73 Å². The van der Waals surface area contributed by atoms with Crippen molar-refractivity contribution in [3.8, 4) is 0 Å². The molecule has 0 saturated carbocycles. The molecule has 17 heavy (non-hydrogen) atoms. The third kappa shape index (κ3) is 1.57. The quantitative estimate of drug-likeness (QED) is 0.783. The lowest BCUT2D eigenvalue weighted by Gasteiger charge is -2.18. The largest absolute Gasteiger partial charge is 0.398 e. The summed E-state index contributed by atoms with van der Waals surface area (Å²) in [5, 5.41) is 0.121. The van der Waals surface area contributed by atoms with Crippen LogP contribution in [-0.4, -0.2) is 10.7 Å². The van der Waals surface area contributed by atoms with Gasteiger partial charge in [-0.2, -0.15) is 11.8 Å². The minimum atomic E-state index is -0.895. The van der Waals surface area contributed by atoms with E-state index in [1.807, 2.05) is 0 Å². The molecule has 0 amide bonds. The third-order valence-corrected chi connectivity index (χ3v) is 3.98. The van der Waals surface area contributed by atoms with Crippen molar-refractivity contribution in [2.45, 2.75) is 12.2 Å². The first kappa shape index (κ1) is 10.8. The molecule has 0 saturated heterocycles. The number of nitrogen functional groups attached to an aromatic ring is 1. The van der Waals surface area contributed by atoms with Crippen LogP contribution in [0.2, 0.25) is 0 Å². The van der Waals surface area contributed by atoms with Crippen molar-refractivity contribution >= 4 is 28.4 Å². The van der Waals surface area contributed by atoms with Crippen LogP contribution in [0.1, 0.15) is 11.3 Å². The van der Waals surface area contributed by atoms with E-state index in [1.165, 1.54) is 6.07 Å². The zero-order valence-electron chi connectivity index (χ0n) is 8.96. The minimum absolute atomic E-state index is 0.121. The Morgan fingerprint density at radius 2 is 2.12 bits per heavy atom. The summed E-state index contributed by atoms with van der Waals surface area (Å²) in [6, 6.07) is 2.57. The van der Waals surface area contributed by atoms with E-state index in [0.29, 0.717) is 11.2 Å². The van der Waals surface area contributed by atoms with Crippen molar-refractivity contribution in [3.63, 3.8) is 0 Å². The predicted octanol–water partition coefficient (Wildman–Crippen LogP) is 2.88. The van der Waals surface area contributed by atoms with Crippen LogP contribution in [0.5, 0.6) is 0 Å². The van der Waals surface area contributed by atoms with Gasteiger partial charge in [-0.25, -0.2) is 8.78 Å². The molecule has 1 aliphatic heterocycles. The van der Waals surface area contributed by atoms with Gasteiger partial charge in [0.15, 0.2) is 11.6 Å². The van der Waals surface area contributed by atoms with Crippen LogP contribution in [0.3, 0.4) is 0 Å². The van der Waals surface area contributed by atoms with Gasteiger partial charge in [-0.15, -0.1) is 0 Å². The normalized spacial score (nSPS) is 14.9. The number of aromatic nitrogens is 1. The summed E-state index contributed by atoms with van der Waals surface area (Å²) in [6.45, 7) is 0. The van der Waals surface area contributed by atoms with E-state index in [2.05, 4.69) is 4.98 Å². The maximum atomic E-state index is 13.7. The van der Waals surface area contributed by atoms with Crippen molar-refractivity contribution < 1.29 is 8.78 Å². The Labute approximate surface area is 101 Å². The average Bonchev–Trinajstić information content (AvgIpc) is 2.34. The maximum Gasteiger partial charge on any atom is 0.170 e. The van der Waals surface area contributed by atoms with Crippen molar-refractivity contribution in [2.75, 3.05) is 11.5 Å². The Morgan fingerprint density at radius 1 is 1.29 bits per heavy atom. The van der Waals surface area contributed by atoms with Gasteiger partial charge in [0.25, 0.3) is 0 Å². The van der Waals surface area contributed by atoms with Crippen LogP contribution in [0, 0.1) is 11.6 Å². The van der Waals surface area contributed by atoms with Gasteiger partial charge in [0.05, 0.1) is 16.6 Å². The molecule has 0 spiro atoms. The summed E-state index contributed by atoms with van der Waals surface area (Å²) in [7, 11) is 0. The third-order valence-electron chi connectivity index (χ3n) is 3.01. The molecular weight excluding hydrogens is 242 g/mol. The van der Waals surface area contributed by atoms with Crippen LogP contribution in [0.4, 0.5) is 14.5 Å². The number of fused-ring (bicyclic) bond motifs is 2. The molecule has 0 atom stereocenters. The van der Waals surface area contributed by atoms with Crippen LogP contribution in [0.15, 0.2) is 12.1 Å². The van der Waals surface area contributed by atoms with E-state index < -0.39 is 11.6 Å². The second-order valence-corrected chi connectivity index (χ2v) is 5.11. The summed E-state index contributed by atoms with van der Waals surface area (Å²) in [6.07, 6.45) is 0.769. The molecule has 5 heteroatoms. The number of hydrogen-bond acceptors (Lipinski definition) is 3. The van der Waals surface area contributed by atoms with Crippen molar-refractivity contribution in [1.29, 1.82) is 0 Å². The Balaban J connectivity index is 2.41. The number of nitrogens with two attached hydrogens (primary N) is 1. The summed E-state index contributed by atoms with van der Waals surface area (Å²) in [5.74, 6) is -0.0415. The predicted molar refractivity (Wildman–Crippen MR) is 65.9 cm³/mol. The molecule has 1 aromatic carbocycles. The van der Waals surface area contributed by atoms with Crippen LogP contribution in [0.25, 0.3) is 10.9 Å². The van der Waals surface area contributed by atoms with Gasteiger partial charge >= 0.3 is 0 Å². The summed E-state index contributed by atoms with van der Waals surface area (Å²) in [4.78, 5) is 4.37. The molecule has 0 fully saturated rings. The SMILES string of the molecule is Nc1c2c(nc3ccc(F)c(F)c13)CSCC2. The Morgan fingerprint density at radius 3 is 2.94 bits per heavy atom. The van der Waals surface area contributed by atoms with E-state index >= 15 is 0 Å². The molecule has 3 rings (SSSR count). The highest BCUT2D eigenvalue weighted by molar-refractivity contribution is 7.98. The topological polar surface area (TPSA) is 38.9 Å². The molecule has 2 nitrogen and oxygen atoms in total. The average molecular weight is 252 g/mol. The number of benzene rings is 1. The lowest BCUT2D eigenvalue weighted by atomic mass is 10.0. The van der Waals surface area contributed by atoms with Gasteiger partial charge in [0.1, 0.15) is 0 Å². The van der Waals surface area contributed by atoms with Gasteiger partial charge in [0, 0.05) is 11.4 Å². The molecule has 88 valence electrons. The number of rotatable bonds is 0. The highest BCUT2D eigenvalue weighted by Gasteiger charge is 2.19. The fraction of sp³-hybridized carbons (Fsp3) is 0.250. The molecule has 0 bridgehead atoms. The lowest BCUT2D eigenvalue weighted by Crippen LogP contribution is -2.10. The first-order chi connectivity index (χ1) is 8.18. The highest BCUT2D eigenvalue weighted by Crippen LogP contribution is 2.34. The van der Waals surface area contributed by atoms with Crippen LogP contribution < -0.4 is 5.73 Å². The lowest BCUT2D eigenvalue weighted by molar-refractivity contribution is 0.517. The molecule has 2 heterocycles. The number of halogens is 2. The smallest absolute Gasteiger partial charge is 0.170 e. The zero-order chi connectivity index (χ0) is 12.0. The number of anilines is 1. The molecule has 0 aliphatic carbocycles. The fourth-order valence-corrected chi connectivity index (χ4v) is 3.08. The minimum Gasteiger partial charge on any atom is -0.398 e. The molecule has 0 radical (unpaired) electrons. The van der Waals surface area contributed by atoms with Crippen molar-refractivity contribution in [1.82, 2.24) is 4.98 Å². The fourth-order valence-electron chi connectivity index (χ4n) is 2.15. The molecule has 0 unspecified atom stereocenters. The van der Waals surface area contributed by atoms with E-state index in [1.54, 1.807) is 11.8 Å². The van der Waals surface area contributed by atoms with Crippen molar-refractivity contribution in [2.24, 2.45) is 0 Å². The van der Waals surface area contributed by atoms with E-state index in [9.17, 15) is 8.78 Å². The maximum absolute atomic E-state index is 13.7. The Kier molecular flexibility index (Phi) is 2.43. The number of nitrogens with zero attached hydrogens (tertiary/aromatic N) is 1. The van der Waals surface area contributed by atoms with Gasteiger partial charge in [0.2, 0.25) is 0 Å². The first-order valence-corrected chi connectivity index (χ1v) is 6.46. The molecule has 2 N–H and O–H groups in total. The second-order valence-electron chi connectivity index (χ2n) is 4.01. The second kappa shape index (κ2) is 3.84.